The molecular formula is C23H25N3O4. The number of nitrogens with zero attached hydrogens (tertiary/aromatic N) is 2. The molecule has 1 N–H and O–H groups in total. The number of methoxy groups -OCH3 is 2. The predicted octanol–water partition coefficient (Wildman–Crippen LogP) is 2.99. The molecule has 1 amide bonds. The second kappa shape index (κ2) is 9.00. The van der Waals surface area contributed by atoms with Crippen LogP contribution >= 0.6 is 0 Å². The molecule has 7 heteroatoms. The number of fused-ring (bicyclic) bond motifs is 1. The van der Waals surface area contributed by atoms with Crippen LogP contribution in [0.25, 0.3) is 0 Å². The van der Waals surface area contributed by atoms with Gasteiger partial charge in [-0.1, -0.05) is 30.3 Å². The van der Waals surface area contributed by atoms with E-state index in [2.05, 4.69) is 23.6 Å². The fourth-order valence-electron chi connectivity index (χ4n) is 3.61. The van der Waals surface area contributed by atoms with Crippen LogP contribution in [0.5, 0.6) is 11.5 Å². The number of rotatable bonds is 7. The third kappa shape index (κ3) is 4.31. The molecule has 0 fully saturated rings. The third-order valence-electron chi connectivity index (χ3n) is 5.15. The molecule has 1 atom stereocenters. The SMILES string of the molecule is COc1ccc(OC)c(C(=O)NC[C@@H]2OCCc3cn(Cc4ccccc4)nc32)c1. The molecule has 0 saturated heterocycles. The monoisotopic (exact) mass is 407 g/mol. The summed E-state index contributed by atoms with van der Waals surface area (Å²) < 4.78 is 18.4. The summed E-state index contributed by atoms with van der Waals surface area (Å²) in [7, 11) is 3.10. The molecule has 0 spiro atoms. The Morgan fingerprint density at radius 3 is 2.80 bits per heavy atom. The van der Waals surface area contributed by atoms with Crippen LogP contribution in [-0.2, 0) is 17.7 Å². The quantitative estimate of drug-likeness (QED) is 0.652. The van der Waals surface area contributed by atoms with Crippen LogP contribution in [0, 0.1) is 0 Å². The maximum Gasteiger partial charge on any atom is 0.255 e. The number of aromatic nitrogens is 2. The summed E-state index contributed by atoms with van der Waals surface area (Å²) in [5, 5.41) is 7.68. The van der Waals surface area contributed by atoms with E-state index < -0.39 is 0 Å². The second-order valence-corrected chi connectivity index (χ2v) is 7.11. The van der Waals surface area contributed by atoms with Crippen molar-refractivity contribution in [1.82, 2.24) is 15.1 Å². The maximum atomic E-state index is 12.8. The Balaban J connectivity index is 1.46. The highest BCUT2D eigenvalue weighted by Crippen LogP contribution is 2.27. The second-order valence-electron chi connectivity index (χ2n) is 7.11. The molecule has 1 aromatic heterocycles. The van der Waals surface area contributed by atoms with Crippen LogP contribution < -0.4 is 14.8 Å². The smallest absolute Gasteiger partial charge is 0.255 e. The van der Waals surface area contributed by atoms with Gasteiger partial charge in [0.1, 0.15) is 17.6 Å². The van der Waals surface area contributed by atoms with Crippen molar-refractivity contribution < 1.29 is 19.0 Å². The van der Waals surface area contributed by atoms with Gasteiger partial charge in [0.05, 0.1) is 38.6 Å². The van der Waals surface area contributed by atoms with E-state index in [1.54, 1.807) is 25.3 Å². The topological polar surface area (TPSA) is 74.6 Å². The molecule has 0 saturated carbocycles. The van der Waals surface area contributed by atoms with E-state index in [0.717, 1.165) is 17.7 Å². The van der Waals surface area contributed by atoms with E-state index in [-0.39, 0.29) is 12.0 Å². The van der Waals surface area contributed by atoms with Crippen LogP contribution in [-0.4, -0.2) is 43.1 Å². The molecule has 0 bridgehead atoms. The fraction of sp³-hybridized carbons (Fsp3) is 0.304. The summed E-state index contributed by atoms with van der Waals surface area (Å²) in [6, 6.07) is 15.3. The van der Waals surface area contributed by atoms with Crippen molar-refractivity contribution in [3.8, 4) is 11.5 Å². The molecule has 156 valence electrons. The zero-order valence-electron chi connectivity index (χ0n) is 17.1. The predicted molar refractivity (Wildman–Crippen MR) is 112 cm³/mol. The third-order valence-corrected chi connectivity index (χ3v) is 5.15. The Morgan fingerprint density at radius 2 is 2.03 bits per heavy atom. The lowest BCUT2D eigenvalue weighted by Gasteiger charge is -2.22. The largest absolute Gasteiger partial charge is 0.497 e. The van der Waals surface area contributed by atoms with E-state index >= 15 is 0 Å². The average molecular weight is 407 g/mol. The molecule has 2 aromatic carbocycles. The summed E-state index contributed by atoms with van der Waals surface area (Å²) >= 11 is 0. The van der Waals surface area contributed by atoms with Crippen LogP contribution in [0.4, 0.5) is 0 Å². The van der Waals surface area contributed by atoms with Crippen LogP contribution in [0.1, 0.15) is 33.3 Å². The Labute approximate surface area is 175 Å². The first-order chi connectivity index (χ1) is 14.7. The van der Waals surface area contributed by atoms with Crippen molar-refractivity contribution in [2.45, 2.75) is 19.1 Å². The van der Waals surface area contributed by atoms with Gasteiger partial charge in [-0.15, -0.1) is 0 Å². The number of ether oxygens (including phenoxy) is 3. The number of amides is 1. The first-order valence-electron chi connectivity index (χ1n) is 9.90. The summed E-state index contributed by atoms with van der Waals surface area (Å²) in [6.45, 7) is 1.63. The molecule has 4 rings (SSSR count). The van der Waals surface area contributed by atoms with Gasteiger partial charge in [-0.05, 0) is 35.7 Å². The molecule has 3 aromatic rings. The van der Waals surface area contributed by atoms with Crippen LogP contribution in [0.15, 0.2) is 54.7 Å². The Bertz CT molecular complexity index is 1020. The number of carbonyl (C=O) groups is 1. The van der Waals surface area contributed by atoms with Gasteiger partial charge in [0.25, 0.3) is 5.91 Å². The summed E-state index contributed by atoms with van der Waals surface area (Å²) in [5.41, 5.74) is 3.65. The Morgan fingerprint density at radius 1 is 1.20 bits per heavy atom. The van der Waals surface area contributed by atoms with Gasteiger partial charge in [0, 0.05) is 12.7 Å². The molecule has 7 nitrogen and oxygen atoms in total. The van der Waals surface area contributed by atoms with Gasteiger partial charge in [-0.3, -0.25) is 9.48 Å². The number of benzene rings is 2. The summed E-state index contributed by atoms with van der Waals surface area (Å²) in [5.74, 6) is 0.840. The van der Waals surface area contributed by atoms with E-state index in [1.807, 2.05) is 22.9 Å². The molecule has 0 unspecified atom stereocenters. The molecule has 0 radical (unpaired) electrons. The lowest BCUT2D eigenvalue weighted by Crippen LogP contribution is -2.32. The van der Waals surface area contributed by atoms with Gasteiger partial charge >= 0.3 is 0 Å². The van der Waals surface area contributed by atoms with E-state index in [9.17, 15) is 4.79 Å². The first kappa shape index (κ1) is 20.0. The van der Waals surface area contributed by atoms with Gasteiger partial charge in [-0.25, -0.2) is 0 Å². The van der Waals surface area contributed by atoms with Crippen molar-refractivity contribution in [2.75, 3.05) is 27.4 Å². The molecule has 1 aliphatic heterocycles. The van der Waals surface area contributed by atoms with Gasteiger partial charge in [-0.2, -0.15) is 5.10 Å². The molecule has 0 aliphatic carbocycles. The average Bonchev–Trinajstić information content (AvgIpc) is 3.20. The van der Waals surface area contributed by atoms with E-state index in [4.69, 9.17) is 19.3 Å². The highest BCUT2D eigenvalue weighted by atomic mass is 16.5. The van der Waals surface area contributed by atoms with Crippen molar-refractivity contribution in [1.29, 1.82) is 0 Å². The fourth-order valence-corrected chi connectivity index (χ4v) is 3.61. The normalized spacial score (nSPS) is 15.3. The molecule has 2 heterocycles. The summed E-state index contributed by atoms with van der Waals surface area (Å²) in [6.07, 6.45) is 2.61. The lowest BCUT2D eigenvalue weighted by molar-refractivity contribution is 0.0383. The van der Waals surface area contributed by atoms with Gasteiger partial charge in [0.15, 0.2) is 0 Å². The Hall–Kier alpha value is -3.32. The van der Waals surface area contributed by atoms with Crippen molar-refractivity contribution in [2.24, 2.45) is 0 Å². The minimum Gasteiger partial charge on any atom is -0.497 e. The minimum atomic E-state index is -0.286. The highest BCUT2D eigenvalue weighted by molar-refractivity contribution is 5.97. The number of hydrogen-bond donors (Lipinski definition) is 1. The summed E-state index contributed by atoms with van der Waals surface area (Å²) in [4.78, 5) is 12.8. The number of hydrogen-bond acceptors (Lipinski definition) is 5. The van der Waals surface area contributed by atoms with E-state index in [0.29, 0.717) is 36.8 Å². The van der Waals surface area contributed by atoms with Crippen molar-refractivity contribution >= 4 is 5.91 Å². The van der Waals surface area contributed by atoms with Crippen LogP contribution in [0.2, 0.25) is 0 Å². The maximum absolute atomic E-state index is 12.8. The number of nitrogens with one attached hydrogen (secondary N) is 1. The molecule has 30 heavy (non-hydrogen) atoms. The molecule has 1 aliphatic rings. The standard InChI is InChI=1S/C23H25N3O4/c1-28-18-8-9-20(29-2)19(12-18)23(27)24-13-21-22-17(10-11-30-21)15-26(25-22)14-16-6-4-3-5-7-16/h3-9,12,15,21H,10-11,13-14H2,1-2H3,(H,24,27)/t21-/m0/s1. The molecular weight excluding hydrogens is 382 g/mol. The van der Waals surface area contributed by atoms with Crippen molar-refractivity contribution in [3.05, 3.63) is 77.1 Å². The number of carbonyl (C=O) groups excluding carboxylic acids is 1. The first-order valence-corrected chi connectivity index (χ1v) is 9.90. The van der Waals surface area contributed by atoms with E-state index in [1.165, 1.54) is 12.7 Å². The lowest BCUT2D eigenvalue weighted by atomic mass is 10.1. The Kier molecular flexibility index (Phi) is 5.99. The van der Waals surface area contributed by atoms with Crippen LogP contribution in [0.3, 0.4) is 0 Å². The van der Waals surface area contributed by atoms with Gasteiger partial charge < -0.3 is 19.5 Å². The minimum absolute atomic E-state index is 0.245. The zero-order valence-corrected chi connectivity index (χ0v) is 17.1. The zero-order chi connectivity index (χ0) is 20.9. The van der Waals surface area contributed by atoms with Crippen molar-refractivity contribution in [3.63, 3.8) is 0 Å². The van der Waals surface area contributed by atoms with Gasteiger partial charge in [0.2, 0.25) is 0 Å². The highest BCUT2D eigenvalue weighted by Gasteiger charge is 2.26.